The van der Waals surface area contributed by atoms with Gasteiger partial charge in [0.05, 0.1) is 12.3 Å². The molecule has 0 spiro atoms. The van der Waals surface area contributed by atoms with Crippen molar-refractivity contribution in [1.82, 2.24) is 15.0 Å². The number of nitrogen functional groups attached to an aromatic ring is 1. The first-order valence-electron chi connectivity index (χ1n) is 7.16. The van der Waals surface area contributed by atoms with Crippen LogP contribution in [0.2, 0.25) is 5.15 Å². The number of nitrogens with one attached hydrogen (secondary N) is 1. The molecular weight excluding hydrogens is 306 g/mol. The van der Waals surface area contributed by atoms with E-state index in [0.717, 1.165) is 12.8 Å². The molecule has 2 saturated carbocycles. The number of aromatic nitrogens is 3. The molecule has 8 heteroatoms. The van der Waals surface area contributed by atoms with E-state index in [1.165, 1.54) is 12.5 Å². The lowest BCUT2D eigenvalue weighted by Gasteiger charge is -2.19. The second-order valence-corrected chi connectivity index (χ2v) is 6.63. The monoisotopic (exact) mass is 321 g/mol. The molecule has 4 rings (SSSR count). The zero-order valence-corrected chi connectivity index (χ0v) is 12.7. The van der Waals surface area contributed by atoms with Gasteiger partial charge in [-0.15, -0.1) is 0 Å². The highest BCUT2D eigenvalue weighted by atomic mass is 35.5. The van der Waals surface area contributed by atoms with E-state index in [1.807, 2.05) is 0 Å². The molecule has 2 heterocycles. The number of fused-ring (bicyclic) bond motifs is 1. The number of nitrogens with two attached hydrogens (primary N) is 1. The maximum atomic E-state index is 9.86. The van der Waals surface area contributed by atoms with Crippen LogP contribution in [-0.2, 0) is 0 Å². The summed E-state index contributed by atoms with van der Waals surface area (Å²) in [7, 11) is 0. The van der Waals surface area contributed by atoms with Crippen LogP contribution < -0.4 is 11.1 Å². The Bertz CT molecular complexity index is 722. The van der Waals surface area contributed by atoms with Crippen LogP contribution in [0.25, 0.3) is 11.5 Å². The van der Waals surface area contributed by atoms with E-state index in [2.05, 4.69) is 27.2 Å². The maximum Gasteiger partial charge on any atom is 0.232 e. The minimum absolute atomic E-state index is 0.0170. The lowest BCUT2D eigenvalue weighted by Crippen LogP contribution is -2.23. The smallest absolute Gasteiger partial charge is 0.232 e. The highest BCUT2D eigenvalue weighted by Crippen LogP contribution is 2.63. The number of anilines is 2. The van der Waals surface area contributed by atoms with E-state index in [-0.39, 0.29) is 28.7 Å². The lowest BCUT2D eigenvalue weighted by molar-refractivity contribution is 0.205. The summed E-state index contributed by atoms with van der Waals surface area (Å²) >= 11 is 6.19. The number of rotatable bonds is 3. The number of aliphatic hydroxyl groups is 1. The summed E-state index contributed by atoms with van der Waals surface area (Å²) in [5.74, 6) is 1.31. The molecule has 4 atom stereocenters. The number of oxazole rings is 1. The molecule has 2 aromatic heterocycles. The van der Waals surface area contributed by atoms with Gasteiger partial charge in [-0.25, -0.2) is 9.97 Å². The molecule has 0 amide bonds. The first-order valence-corrected chi connectivity index (χ1v) is 7.54. The highest BCUT2D eigenvalue weighted by Gasteiger charge is 2.65. The molecule has 2 aliphatic rings. The van der Waals surface area contributed by atoms with Gasteiger partial charge in [0.2, 0.25) is 11.8 Å². The molecular formula is C14H16ClN5O2. The van der Waals surface area contributed by atoms with Gasteiger partial charge in [-0.3, -0.25) is 0 Å². The van der Waals surface area contributed by atoms with Crippen molar-refractivity contribution in [2.75, 3.05) is 11.1 Å². The van der Waals surface area contributed by atoms with Crippen LogP contribution in [-0.4, -0.2) is 32.2 Å². The molecule has 22 heavy (non-hydrogen) atoms. The Morgan fingerprint density at radius 3 is 2.95 bits per heavy atom. The van der Waals surface area contributed by atoms with Crippen LogP contribution in [0.4, 0.5) is 11.8 Å². The van der Waals surface area contributed by atoms with Gasteiger partial charge >= 0.3 is 0 Å². The molecule has 2 fully saturated rings. The first kappa shape index (κ1) is 13.8. The Hall–Kier alpha value is -1.86. The first-order chi connectivity index (χ1) is 10.5. The van der Waals surface area contributed by atoms with Gasteiger partial charge in [0.25, 0.3) is 0 Å². The summed E-state index contributed by atoms with van der Waals surface area (Å²) in [6.07, 6.45) is 4.59. The third-order valence-electron chi connectivity index (χ3n) is 4.89. The van der Waals surface area contributed by atoms with Crippen LogP contribution in [0.1, 0.15) is 19.8 Å². The SMILES string of the molecule is CC12CC(Nc3nc(N)nc(Cl)c3-c3ncco3)CC1C2O. The molecule has 7 nitrogen and oxygen atoms in total. The highest BCUT2D eigenvalue weighted by molar-refractivity contribution is 6.32. The van der Waals surface area contributed by atoms with Crippen LogP contribution in [0.15, 0.2) is 16.9 Å². The van der Waals surface area contributed by atoms with E-state index in [4.69, 9.17) is 21.8 Å². The van der Waals surface area contributed by atoms with Gasteiger partial charge in [-0.2, -0.15) is 4.98 Å². The minimum Gasteiger partial charge on any atom is -0.444 e. The average Bonchev–Trinajstić information content (AvgIpc) is 2.89. The van der Waals surface area contributed by atoms with Crippen molar-refractivity contribution in [3.63, 3.8) is 0 Å². The van der Waals surface area contributed by atoms with Gasteiger partial charge in [0.15, 0.2) is 0 Å². The zero-order chi connectivity index (χ0) is 15.5. The summed E-state index contributed by atoms with van der Waals surface area (Å²) in [5, 5.41) is 13.4. The number of hydrogen-bond acceptors (Lipinski definition) is 7. The Morgan fingerprint density at radius 1 is 1.50 bits per heavy atom. The molecule has 2 aliphatic carbocycles. The quantitative estimate of drug-likeness (QED) is 0.741. The van der Waals surface area contributed by atoms with Crippen molar-refractivity contribution in [1.29, 1.82) is 0 Å². The second kappa shape index (κ2) is 4.57. The molecule has 0 bridgehead atoms. The molecule has 0 aromatic carbocycles. The van der Waals surface area contributed by atoms with Crippen LogP contribution >= 0.6 is 11.6 Å². The van der Waals surface area contributed by atoms with Crippen molar-refractivity contribution in [3.05, 3.63) is 17.6 Å². The van der Waals surface area contributed by atoms with Crippen molar-refractivity contribution >= 4 is 23.4 Å². The lowest BCUT2D eigenvalue weighted by atomic mass is 10.0. The fourth-order valence-corrected chi connectivity index (χ4v) is 3.88. The summed E-state index contributed by atoms with van der Waals surface area (Å²) in [6, 6.07) is 0.206. The normalized spacial score (nSPS) is 32.8. The van der Waals surface area contributed by atoms with Crippen molar-refractivity contribution < 1.29 is 9.52 Å². The molecule has 4 unspecified atom stereocenters. The summed E-state index contributed by atoms with van der Waals surface area (Å²) < 4.78 is 5.32. The second-order valence-electron chi connectivity index (χ2n) is 6.27. The summed E-state index contributed by atoms with van der Waals surface area (Å²) in [4.78, 5) is 12.3. The van der Waals surface area contributed by atoms with Gasteiger partial charge < -0.3 is 20.6 Å². The average molecular weight is 322 g/mol. The van der Waals surface area contributed by atoms with E-state index < -0.39 is 0 Å². The van der Waals surface area contributed by atoms with Crippen molar-refractivity contribution in [3.8, 4) is 11.5 Å². The Morgan fingerprint density at radius 2 is 2.32 bits per heavy atom. The molecule has 116 valence electrons. The summed E-state index contributed by atoms with van der Waals surface area (Å²) in [6.45, 7) is 2.11. The van der Waals surface area contributed by atoms with Gasteiger partial charge in [0, 0.05) is 11.5 Å². The fourth-order valence-electron chi connectivity index (χ4n) is 3.62. The Labute approximate surface area is 131 Å². The Balaban J connectivity index is 1.64. The van der Waals surface area contributed by atoms with E-state index in [0.29, 0.717) is 23.2 Å². The fraction of sp³-hybridized carbons (Fsp3) is 0.500. The van der Waals surface area contributed by atoms with E-state index >= 15 is 0 Å². The molecule has 0 saturated heterocycles. The van der Waals surface area contributed by atoms with Crippen LogP contribution in [0, 0.1) is 11.3 Å². The Kier molecular flexibility index (Phi) is 2.86. The molecule has 2 aromatic rings. The van der Waals surface area contributed by atoms with Crippen LogP contribution in [0.5, 0.6) is 0 Å². The molecule has 0 aliphatic heterocycles. The van der Waals surface area contributed by atoms with Gasteiger partial charge in [-0.05, 0) is 18.8 Å². The predicted molar refractivity (Wildman–Crippen MR) is 81.2 cm³/mol. The summed E-state index contributed by atoms with van der Waals surface area (Å²) in [5.41, 5.74) is 6.23. The number of hydrogen-bond donors (Lipinski definition) is 3. The van der Waals surface area contributed by atoms with Gasteiger partial charge in [-0.1, -0.05) is 18.5 Å². The standard InChI is InChI=1S/C14H16ClN5O2/c1-14-5-6(4-7(14)9(14)21)18-11-8(12-17-2-3-22-12)10(15)19-13(16)20-11/h2-3,6-7,9,21H,4-5H2,1H3,(H3,16,18,19,20). The zero-order valence-electron chi connectivity index (χ0n) is 12.0. The van der Waals surface area contributed by atoms with E-state index in [9.17, 15) is 5.11 Å². The topological polar surface area (TPSA) is 110 Å². The maximum absolute atomic E-state index is 9.86. The largest absolute Gasteiger partial charge is 0.444 e. The number of nitrogens with zero attached hydrogens (tertiary/aromatic N) is 3. The van der Waals surface area contributed by atoms with Crippen LogP contribution in [0.3, 0.4) is 0 Å². The third-order valence-corrected chi connectivity index (χ3v) is 5.16. The molecule has 0 radical (unpaired) electrons. The van der Waals surface area contributed by atoms with E-state index in [1.54, 1.807) is 0 Å². The predicted octanol–water partition coefficient (Wildman–Crippen LogP) is 1.94. The number of aliphatic hydroxyl groups excluding tert-OH is 1. The minimum atomic E-state index is -0.184. The van der Waals surface area contributed by atoms with Gasteiger partial charge in [0.1, 0.15) is 22.8 Å². The van der Waals surface area contributed by atoms with Crippen molar-refractivity contribution in [2.45, 2.75) is 31.9 Å². The third kappa shape index (κ3) is 1.96. The van der Waals surface area contributed by atoms with Crippen molar-refractivity contribution in [2.24, 2.45) is 11.3 Å². The number of halogens is 1. The molecule has 4 N–H and O–H groups in total.